The molecule has 0 spiro atoms. The van der Waals surface area contributed by atoms with Gasteiger partial charge in [-0.25, -0.2) is 18.7 Å². The van der Waals surface area contributed by atoms with Gasteiger partial charge in [0.15, 0.2) is 11.2 Å². The number of fused-ring (bicyclic) bond motifs is 2. The second-order valence-corrected chi connectivity index (χ2v) is 18.1. The van der Waals surface area contributed by atoms with Crippen molar-refractivity contribution in [2.45, 2.75) is 69.2 Å². The van der Waals surface area contributed by atoms with Gasteiger partial charge >= 0.3 is 0 Å². The van der Waals surface area contributed by atoms with Crippen LogP contribution in [-0.4, -0.2) is 109 Å². The van der Waals surface area contributed by atoms with E-state index in [9.17, 15) is 24.3 Å². The number of aromatic nitrogens is 5. The minimum atomic E-state index is -1.21. The molecular weight excluding hydrogens is 857 g/mol. The Balaban J connectivity index is 0.742. The van der Waals surface area contributed by atoms with Gasteiger partial charge in [0.05, 0.1) is 40.6 Å². The van der Waals surface area contributed by atoms with Crippen molar-refractivity contribution in [2.75, 3.05) is 59.7 Å². The van der Waals surface area contributed by atoms with Crippen LogP contribution in [0, 0.1) is 11.6 Å². The number of carbonyl (C=O) groups is 4. The van der Waals surface area contributed by atoms with Crippen LogP contribution in [0.15, 0.2) is 78.7 Å². The summed E-state index contributed by atoms with van der Waals surface area (Å²) < 4.78 is 34.7. The van der Waals surface area contributed by atoms with E-state index in [1.807, 2.05) is 39.8 Å². The summed E-state index contributed by atoms with van der Waals surface area (Å²) in [7, 11) is 0. The Morgan fingerprint density at radius 3 is 2.45 bits per heavy atom. The molecule has 0 aliphatic carbocycles. The maximum absolute atomic E-state index is 15.8. The monoisotopic (exact) mass is 903 g/mol. The maximum atomic E-state index is 15.8. The predicted octanol–water partition coefficient (Wildman–Crippen LogP) is 5.10. The number of rotatable bonds is 11. The summed E-state index contributed by atoms with van der Waals surface area (Å²) in [4.78, 5) is 65.5. The number of aliphatic hydroxyl groups is 1. The van der Waals surface area contributed by atoms with Gasteiger partial charge in [0.25, 0.3) is 5.91 Å². The third-order valence-corrected chi connectivity index (χ3v) is 13.7. The third-order valence-electron chi connectivity index (χ3n) is 13.1. The van der Waals surface area contributed by atoms with Crippen LogP contribution in [0.2, 0.25) is 0 Å². The van der Waals surface area contributed by atoms with Gasteiger partial charge in [-0.3, -0.25) is 34.5 Å². The van der Waals surface area contributed by atoms with Crippen LogP contribution in [-0.2, 0) is 32.1 Å². The van der Waals surface area contributed by atoms with Crippen molar-refractivity contribution in [3.63, 3.8) is 0 Å². The number of thiazole rings is 1. The predicted molar refractivity (Wildman–Crippen MR) is 241 cm³/mol. The Hall–Kier alpha value is -6.73. The average Bonchev–Trinajstić information content (AvgIpc) is 4.13. The number of piperidine rings is 2. The molecular formula is C46H47F2N11O5S. The number of hydrogen-bond acceptors (Lipinski definition) is 12. The smallest absolute Gasteiger partial charge is 0.257 e. The van der Waals surface area contributed by atoms with Gasteiger partial charge in [0.2, 0.25) is 17.7 Å². The van der Waals surface area contributed by atoms with E-state index in [-0.39, 0.29) is 30.6 Å². The van der Waals surface area contributed by atoms with Gasteiger partial charge in [-0.15, -0.1) is 11.3 Å². The molecule has 3 aromatic heterocycles. The zero-order valence-electron chi connectivity index (χ0n) is 35.4. The Bertz CT molecular complexity index is 2780. The Morgan fingerprint density at radius 1 is 0.908 bits per heavy atom. The molecule has 336 valence electrons. The topological polar surface area (TPSA) is 183 Å². The minimum absolute atomic E-state index is 0.0160. The number of hydrogen-bond donors (Lipinski definition) is 4. The van der Waals surface area contributed by atoms with E-state index in [1.165, 1.54) is 28.2 Å². The van der Waals surface area contributed by atoms with Crippen LogP contribution in [0.1, 0.15) is 56.0 Å². The number of aryl methyl sites for hydroxylation is 1. The van der Waals surface area contributed by atoms with Gasteiger partial charge in [-0.05, 0) is 85.7 Å². The van der Waals surface area contributed by atoms with Crippen LogP contribution in [0.3, 0.4) is 0 Å². The summed E-state index contributed by atoms with van der Waals surface area (Å²) in [5, 5.41) is 26.9. The lowest BCUT2D eigenvalue weighted by Gasteiger charge is -2.41. The molecule has 16 nitrogen and oxygen atoms in total. The lowest BCUT2D eigenvalue weighted by Crippen LogP contribution is -2.52. The molecule has 4 aliphatic rings. The molecule has 19 heteroatoms. The van der Waals surface area contributed by atoms with E-state index < -0.39 is 35.2 Å². The molecule has 4 N–H and O–H groups in total. The number of benzene rings is 3. The van der Waals surface area contributed by atoms with Gasteiger partial charge in [-0.1, -0.05) is 12.1 Å². The third kappa shape index (κ3) is 8.64. The number of piperazine rings is 1. The van der Waals surface area contributed by atoms with E-state index in [1.54, 1.807) is 41.1 Å². The Labute approximate surface area is 376 Å². The Morgan fingerprint density at radius 2 is 1.71 bits per heavy atom. The molecule has 3 aromatic carbocycles. The van der Waals surface area contributed by atoms with Crippen molar-refractivity contribution in [3.8, 4) is 11.1 Å². The first-order valence-corrected chi connectivity index (χ1v) is 22.8. The van der Waals surface area contributed by atoms with Gasteiger partial charge in [0, 0.05) is 87.1 Å². The summed E-state index contributed by atoms with van der Waals surface area (Å²) >= 11 is 1.31. The van der Waals surface area contributed by atoms with E-state index >= 15 is 8.78 Å². The lowest BCUT2D eigenvalue weighted by atomic mass is 9.87. The highest BCUT2D eigenvalue weighted by Crippen LogP contribution is 2.35. The standard InChI is InChI=1S/C46H47F2N11O5S/c47-33-22-29(23-36-32(33)26-59(54-36)42(44(63)53-45-49-13-21-65-45)41-38-2-1-14-58(38)27-50-41)28-3-6-31(7-4-28)55-17-19-57(20-18-55)40(61)25-46(64)11-15-56(16-12-46)37-9-5-30(24-34(37)48)51-35-8-10-39(60)52-43(35)62/h3-7,9,13,21-24,26-27,35,42,51,64H,1-2,8,10-12,14-20,25H2,(H,49,53,63)(H,52,60,62)/t35-,42?/m0/s1. The van der Waals surface area contributed by atoms with Crippen molar-refractivity contribution in [1.82, 2.24) is 34.5 Å². The highest BCUT2D eigenvalue weighted by atomic mass is 32.1. The number of carbonyl (C=O) groups excluding carboxylic acids is 4. The quantitative estimate of drug-likeness (QED) is 0.127. The van der Waals surface area contributed by atoms with Crippen LogP contribution in [0.5, 0.6) is 0 Å². The lowest BCUT2D eigenvalue weighted by molar-refractivity contribution is -0.138. The molecule has 3 saturated heterocycles. The molecule has 0 saturated carbocycles. The first kappa shape index (κ1) is 42.2. The second kappa shape index (κ2) is 17.3. The normalized spacial score (nSPS) is 19.0. The summed E-state index contributed by atoms with van der Waals surface area (Å²) in [5.41, 5.74) is 3.97. The first-order valence-electron chi connectivity index (χ1n) is 21.9. The fraction of sp³-hybridized carbons (Fsp3) is 0.370. The van der Waals surface area contributed by atoms with Crippen molar-refractivity contribution < 1.29 is 33.1 Å². The molecule has 0 bridgehead atoms. The minimum Gasteiger partial charge on any atom is -0.389 e. The fourth-order valence-corrected chi connectivity index (χ4v) is 9.99. The number of amides is 4. The van der Waals surface area contributed by atoms with Gasteiger partial charge < -0.3 is 29.7 Å². The van der Waals surface area contributed by atoms with Gasteiger partial charge in [-0.2, -0.15) is 5.10 Å². The molecule has 1 unspecified atom stereocenters. The molecule has 0 radical (unpaired) electrons. The molecule has 3 fully saturated rings. The molecule has 10 rings (SSSR count). The Kier molecular flexibility index (Phi) is 11.3. The maximum Gasteiger partial charge on any atom is 0.257 e. The zero-order chi connectivity index (χ0) is 44.8. The number of imide groups is 1. The van der Waals surface area contributed by atoms with E-state index in [2.05, 4.69) is 30.8 Å². The number of imidazole rings is 1. The molecule has 2 atom stereocenters. The van der Waals surface area contributed by atoms with E-state index in [0.29, 0.717) is 97.2 Å². The summed E-state index contributed by atoms with van der Waals surface area (Å²) in [6.07, 6.45) is 7.79. The van der Waals surface area contributed by atoms with Gasteiger partial charge in [0.1, 0.15) is 17.7 Å². The SMILES string of the molecule is O=C1CC[C@H](Nc2ccc(N3CCC(O)(CC(=O)N4CCN(c5ccc(-c6cc(F)c7cn(C(C(=O)Nc8nccs8)c8ncn9c8CCC9)nc7c6)cc5)CC4)CC3)c(F)c2)C(=O)N1. The number of anilines is 4. The second-order valence-electron chi connectivity index (χ2n) is 17.2. The van der Waals surface area contributed by atoms with Crippen LogP contribution in [0.25, 0.3) is 22.0 Å². The van der Waals surface area contributed by atoms with Crippen LogP contribution < -0.4 is 25.8 Å². The summed E-state index contributed by atoms with van der Waals surface area (Å²) in [5.74, 6) is -2.16. The first-order chi connectivity index (χ1) is 31.5. The summed E-state index contributed by atoms with van der Waals surface area (Å²) in [6.45, 7) is 3.74. The molecule has 4 aliphatic heterocycles. The van der Waals surface area contributed by atoms with Crippen molar-refractivity contribution in [3.05, 3.63) is 102 Å². The highest BCUT2D eigenvalue weighted by Gasteiger charge is 2.38. The number of nitrogens with zero attached hydrogens (tertiary/aromatic N) is 8. The molecule has 7 heterocycles. The average molecular weight is 904 g/mol. The molecule has 4 amide bonds. The fourth-order valence-electron chi connectivity index (χ4n) is 9.46. The largest absolute Gasteiger partial charge is 0.389 e. The molecule has 65 heavy (non-hydrogen) atoms. The van der Waals surface area contributed by atoms with Crippen LogP contribution in [0.4, 0.5) is 31.0 Å². The van der Waals surface area contributed by atoms with Crippen molar-refractivity contribution in [1.29, 1.82) is 0 Å². The van der Waals surface area contributed by atoms with Crippen molar-refractivity contribution >= 4 is 68.1 Å². The summed E-state index contributed by atoms with van der Waals surface area (Å²) in [6, 6.07) is 14.2. The number of halogens is 2. The van der Waals surface area contributed by atoms with E-state index in [0.717, 1.165) is 36.3 Å². The highest BCUT2D eigenvalue weighted by molar-refractivity contribution is 7.13. The van der Waals surface area contributed by atoms with E-state index in [4.69, 9.17) is 5.10 Å². The van der Waals surface area contributed by atoms with Crippen LogP contribution >= 0.6 is 11.3 Å². The van der Waals surface area contributed by atoms with Crippen molar-refractivity contribution in [2.24, 2.45) is 0 Å². The zero-order valence-corrected chi connectivity index (χ0v) is 36.2. The molecule has 6 aromatic rings. The number of nitrogens with one attached hydrogen (secondary N) is 3.